The summed E-state index contributed by atoms with van der Waals surface area (Å²) in [7, 11) is 0. The molecule has 1 aromatic carbocycles. The number of hydrogen-bond acceptors (Lipinski definition) is 4. The number of anilines is 1. The summed E-state index contributed by atoms with van der Waals surface area (Å²) < 4.78 is 7.29. The Morgan fingerprint density at radius 1 is 1.19 bits per heavy atom. The van der Waals surface area contributed by atoms with Gasteiger partial charge in [0.2, 0.25) is 0 Å². The number of carbonyl (C=O) groups is 2. The first-order valence-electron chi connectivity index (χ1n) is 8.71. The fourth-order valence-electron chi connectivity index (χ4n) is 2.68. The van der Waals surface area contributed by atoms with Crippen LogP contribution in [-0.4, -0.2) is 27.4 Å². The van der Waals surface area contributed by atoms with E-state index in [-0.39, 0.29) is 24.2 Å². The van der Waals surface area contributed by atoms with Crippen LogP contribution < -0.4 is 10.6 Å². The minimum Gasteiger partial charge on any atom is -0.455 e. The van der Waals surface area contributed by atoms with Crippen LogP contribution in [0.2, 0.25) is 0 Å². The zero-order valence-electron chi connectivity index (χ0n) is 15.5. The fourth-order valence-corrected chi connectivity index (χ4v) is 2.68. The van der Waals surface area contributed by atoms with Gasteiger partial charge in [-0.3, -0.25) is 0 Å². The van der Waals surface area contributed by atoms with Gasteiger partial charge in [0.25, 0.3) is 0 Å². The van der Waals surface area contributed by atoms with Gasteiger partial charge in [-0.1, -0.05) is 18.2 Å². The number of urea groups is 1. The Bertz CT molecular complexity index is 978. The second-order valence-electron chi connectivity index (χ2n) is 6.53. The average molecular weight is 366 g/mol. The Kier molecular flexibility index (Phi) is 5.40. The number of aryl methyl sites for hydroxylation is 1. The van der Waals surface area contributed by atoms with Gasteiger partial charge in [-0.05, 0) is 44.5 Å². The number of para-hydroxylation sites is 1. The third-order valence-corrected chi connectivity index (χ3v) is 3.89. The Balaban J connectivity index is 1.70. The molecule has 3 rings (SSSR count). The van der Waals surface area contributed by atoms with Crippen LogP contribution in [-0.2, 0) is 11.3 Å². The summed E-state index contributed by atoms with van der Waals surface area (Å²) in [5.74, 6) is -0.524. The van der Waals surface area contributed by atoms with Crippen molar-refractivity contribution in [3.8, 4) is 0 Å². The van der Waals surface area contributed by atoms with E-state index in [1.54, 1.807) is 24.3 Å². The Hall–Kier alpha value is -3.35. The van der Waals surface area contributed by atoms with E-state index in [2.05, 4.69) is 15.6 Å². The predicted octanol–water partition coefficient (Wildman–Crippen LogP) is 3.53. The predicted molar refractivity (Wildman–Crippen MR) is 103 cm³/mol. The fraction of sp³-hybridized carbons (Fsp3) is 0.250. The van der Waals surface area contributed by atoms with Gasteiger partial charge in [-0.2, -0.15) is 0 Å². The van der Waals surface area contributed by atoms with Gasteiger partial charge in [0.1, 0.15) is 12.3 Å². The second kappa shape index (κ2) is 7.90. The topological polar surface area (TPSA) is 84.7 Å². The van der Waals surface area contributed by atoms with Crippen molar-refractivity contribution in [2.45, 2.75) is 33.4 Å². The molecule has 7 heteroatoms. The Morgan fingerprint density at radius 3 is 2.70 bits per heavy atom. The van der Waals surface area contributed by atoms with Crippen molar-refractivity contribution < 1.29 is 14.3 Å². The van der Waals surface area contributed by atoms with Crippen molar-refractivity contribution in [1.82, 2.24) is 14.7 Å². The molecule has 0 aliphatic heterocycles. The van der Waals surface area contributed by atoms with E-state index in [4.69, 9.17) is 4.74 Å². The molecule has 0 bridgehead atoms. The van der Waals surface area contributed by atoms with Gasteiger partial charge in [0.05, 0.1) is 16.9 Å². The van der Waals surface area contributed by atoms with Crippen molar-refractivity contribution >= 4 is 23.3 Å². The van der Waals surface area contributed by atoms with Crippen LogP contribution in [0.25, 0.3) is 5.65 Å². The first kappa shape index (κ1) is 18.4. The molecule has 7 nitrogen and oxygen atoms in total. The zero-order valence-corrected chi connectivity index (χ0v) is 15.5. The molecule has 0 spiro atoms. The number of aromatic nitrogens is 2. The lowest BCUT2D eigenvalue weighted by Crippen LogP contribution is -2.34. The first-order chi connectivity index (χ1) is 12.9. The summed E-state index contributed by atoms with van der Waals surface area (Å²) in [6.07, 6.45) is 3.73. The summed E-state index contributed by atoms with van der Waals surface area (Å²) >= 11 is 0. The molecule has 140 valence electrons. The number of hydrogen-bond donors (Lipinski definition) is 2. The number of amides is 2. The number of fused-ring (bicyclic) bond motifs is 1. The Labute approximate surface area is 157 Å². The molecule has 0 radical (unpaired) electrons. The highest BCUT2D eigenvalue weighted by molar-refractivity contribution is 6.00. The number of rotatable bonds is 5. The summed E-state index contributed by atoms with van der Waals surface area (Å²) in [5.41, 5.74) is 3.21. The van der Waals surface area contributed by atoms with Gasteiger partial charge in [-0.25, -0.2) is 14.6 Å². The normalized spacial score (nSPS) is 10.8. The third-order valence-electron chi connectivity index (χ3n) is 3.89. The van der Waals surface area contributed by atoms with E-state index >= 15 is 0 Å². The third kappa shape index (κ3) is 4.44. The highest BCUT2D eigenvalue weighted by Gasteiger charge is 2.15. The van der Waals surface area contributed by atoms with Crippen molar-refractivity contribution in [3.05, 3.63) is 65.6 Å². The van der Waals surface area contributed by atoms with Crippen LogP contribution >= 0.6 is 0 Å². The van der Waals surface area contributed by atoms with Crippen LogP contribution in [0.15, 0.2) is 48.8 Å². The number of nitrogens with zero attached hydrogens (tertiary/aromatic N) is 2. The van der Waals surface area contributed by atoms with E-state index in [1.165, 1.54) is 0 Å². The van der Waals surface area contributed by atoms with Gasteiger partial charge in [0.15, 0.2) is 0 Å². The van der Waals surface area contributed by atoms with Crippen LogP contribution in [0.3, 0.4) is 0 Å². The number of pyridine rings is 1. The van der Waals surface area contributed by atoms with E-state index in [9.17, 15) is 9.59 Å². The average Bonchev–Trinajstić information content (AvgIpc) is 3.04. The summed E-state index contributed by atoms with van der Waals surface area (Å²) in [4.78, 5) is 28.9. The molecular weight excluding hydrogens is 344 g/mol. The minimum absolute atomic E-state index is 0.0115. The zero-order chi connectivity index (χ0) is 19.4. The largest absolute Gasteiger partial charge is 0.455 e. The first-order valence-corrected chi connectivity index (χ1v) is 8.71. The van der Waals surface area contributed by atoms with E-state index < -0.39 is 5.97 Å². The molecule has 0 saturated carbocycles. The molecular formula is C20H22N4O3. The molecule has 27 heavy (non-hydrogen) atoms. The van der Waals surface area contributed by atoms with Gasteiger partial charge >= 0.3 is 12.0 Å². The summed E-state index contributed by atoms with van der Waals surface area (Å²) in [5, 5.41) is 5.40. The highest BCUT2D eigenvalue weighted by Crippen LogP contribution is 2.17. The minimum atomic E-state index is -0.524. The molecule has 2 amide bonds. The van der Waals surface area contributed by atoms with Crippen LogP contribution in [0.4, 0.5) is 10.5 Å². The van der Waals surface area contributed by atoms with Crippen LogP contribution in [0.1, 0.15) is 35.5 Å². The molecule has 0 unspecified atom stereocenters. The lowest BCUT2D eigenvalue weighted by atomic mass is 10.2. The molecule has 2 N–H and O–H groups in total. The smallest absolute Gasteiger partial charge is 0.340 e. The van der Waals surface area contributed by atoms with Crippen LogP contribution in [0, 0.1) is 6.92 Å². The quantitative estimate of drug-likeness (QED) is 0.677. The molecule has 0 atom stereocenters. The van der Waals surface area contributed by atoms with E-state index in [0.29, 0.717) is 11.4 Å². The number of carbonyl (C=O) groups excluding carboxylic acids is 2. The molecule has 0 fully saturated rings. The molecule has 0 aliphatic rings. The van der Waals surface area contributed by atoms with E-state index in [0.717, 1.165) is 11.2 Å². The summed E-state index contributed by atoms with van der Waals surface area (Å²) in [6.45, 7) is 5.74. The molecule has 2 heterocycles. The standard InChI is InChI=1S/C20H22N4O3/c1-13(2)21-20(26)23-17-9-5-4-8-16(17)19(25)27-12-15-11-24-10-6-7-14(3)18(24)22-15/h4-11,13H,12H2,1-3H3,(H2,21,23,26). The maximum absolute atomic E-state index is 12.5. The SMILES string of the molecule is Cc1cccn2cc(COC(=O)c3ccccc3NC(=O)NC(C)C)nc12. The van der Waals surface area contributed by atoms with E-state index in [1.807, 2.05) is 49.7 Å². The van der Waals surface area contributed by atoms with Crippen molar-refractivity contribution in [2.24, 2.45) is 0 Å². The molecule has 0 aliphatic carbocycles. The van der Waals surface area contributed by atoms with Gasteiger partial charge in [-0.15, -0.1) is 0 Å². The van der Waals surface area contributed by atoms with Crippen LogP contribution in [0.5, 0.6) is 0 Å². The van der Waals surface area contributed by atoms with Crippen molar-refractivity contribution in [3.63, 3.8) is 0 Å². The monoisotopic (exact) mass is 366 g/mol. The van der Waals surface area contributed by atoms with Gasteiger partial charge in [0, 0.05) is 18.4 Å². The molecule has 2 aromatic heterocycles. The number of nitrogens with one attached hydrogen (secondary N) is 2. The molecule has 0 saturated heterocycles. The molecule has 3 aromatic rings. The second-order valence-corrected chi connectivity index (χ2v) is 6.53. The van der Waals surface area contributed by atoms with Gasteiger partial charge < -0.3 is 19.8 Å². The number of ether oxygens (including phenoxy) is 1. The lowest BCUT2D eigenvalue weighted by molar-refractivity contribution is 0.0469. The number of imidazole rings is 1. The van der Waals surface area contributed by atoms with Crippen molar-refractivity contribution in [1.29, 1.82) is 0 Å². The highest BCUT2D eigenvalue weighted by atomic mass is 16.5. The lowest BCUT2D eigenvalue weighted by Gasteiger charge is -2.13. The number of benzene rings is 1. The number of esters is 1. The maximum Gasteiger partial charge on any atom is 0.340 e. The maximum atomic E-state index is 12.5. The van der Waals surface area contributed by atoms with Crippen molar-refractivity contribution in [2.75, 3.05) is 5.32 Å². The summed E-state index contributed by atoms with van der Waals surface area (Å²) in [6, 6.07) is 10.3. The Morgan fingerprint density at radius 2 is 1.96 bits per heavy atom.